The molecule has 0 heterocycles. The van der Waals surface area contributed by atoms with Crippen LogP contribution in [0.1, 0.15) is 35.6 Å². The fourth-order valence-corrected chi connectivity index (χ4v) is 2.64. The molecule has 21 heavy (non-hydrogen) atoms. The number of ether oxygens (including phenoxy) is 1. The second kappa shape index (κ2) is 7.92. The maximum Gasteiger partial charge on any atom is 0.0593 e. The zero-order chi connectivity index (χ0) is 15.2. The molecule has 0 saturated heterocycles. The van der Waals surface area contributed by atoms with E-state index < -0.39 is 0 Å². The predicted molar refractivity (Wildman–Crippen MR) is 88.8 cm³/mol. The maximum absolute atomic E-state index is 5.73. The molecule has 1 unspecified atom stereocenters. The number of likely N-dealkylation sites (N-methyl/N-ethyl adjacent to an activating group) is 2. The van der Waals surface area contributed by atoms with Crippen molar-refractivity contribution in [2.75, 3.05) is 40.4 Å². The molecule has 0 spiro atoms. The molecule has 1 aliphatic rings. The molecule has 0 amide bonds. The summed E-state index contributed by atoms with van der Waals surface area (Å²) in [6.07, 6.45) is 2.73. The summed E-state index contributed by atoms with van der Waals surface area (Å²) < 4.78 is 5.73. The summed E-state index contributed by atoms with van der Waals surface area (Å²) in [4.78, 5) is 2.36. The van der Waals surface area contributed by atoms with Gasteiger partial charge in [0.15, 0.2) is 0 Å². The summed E-state index contributed by atoms with van der Waals surface area (Å²) in [5.41, 5.74) is 4.09. The summed E-state index contributed by atoms with van der Waals surface area (Å²) >= 11 is 0. The number of hydrogen-bond donors (Lipinski definition) is 1. The molecule has 3 heteroatoms. The largest absolute Gasteiger partial charge is 0.380 e. The maximum atomic E-state index is 5.73. The summed E-state index contributed by atoms with van der Waals surface area (Å²) in [7, 11) is 4.22. The lowest BCUT2D eigenvalue weighted by molar-refractivity contribution is 0.101. The van der Waals surface area contributed by atoms with Gasteiger partial charge in [0.25, 0.3) is 0 Å². The first-order valence-corrected chi connectivity index (χ1v) is 8.11. The first-order chi connectivity index (χ1) is 10.1. The van der Waals surface area contributed by atoms with Gasteiger partial charge in [0, 0.05) is 25.7 Å². The summed E-state index contributed by atoms with van der Waals surface area (Å²) in [6.45, 7) is 8.16. The topological polar surface area (TPSA) is 24.5 Å². The Hall–Kier alpha value is -0.900. The van der Waals surface area contributed by atoms with E-state index >= 15 is 0 Å². The lowest BCUT2D eigenvalue weighted by Gasteiger charge is -2.25. The highest BCUT2D eigenvalue weighted by atomic mass is 16.5. The van der Waals surface area contributed by atoms with Crippen LogP contribution in [0.25, 0.3) is 0 Å². The molecular weight excluding hydrogens is 260 g/mol. The summed E-state index contributed by atoms with van der Waals surface area (Å²) in [5.74, 6) is 0.857. The molecule has 0 bridgehead atoms. The normalized spacial score (nSPS) is 16.4. The summed E-state index contributed by atoms with van der Waals surface area (Å²) in [5, 5.41) is 3.45. The van der Waals surface area contributed by atoms with Crippen molar-refractivity contribution in [1.29, 1.82) is 0 Å². The average molecular weight is 290 g/mol. The van der Waals surface area contributed by atoms with Gasteiger partial charge in [-0.15, -0.1) is 0 Å². The number of benzene rings is 1. The Labute approximate surface area is 129 Å². The van der Waals surface area contributed by atoms with Gasteiger partial charge in [-0.3, -0.25) is 0 Å². The molecule has 1 fully saturated rings. The first-order valence-electron chi connectivity index (χ1n) is 8.11. The fraction of sp³-hybridized carbons (Fsp3) is 0.667. The zero-order valence-corrected chi connectivity index (χ0v) is 14.0. The lowest BCUT2D eigenvalue weighted by atomic mass is 9.98. The van der Waals surface area contributed by atoms with E-state index in [2.05, 4.69) is 49.3 Å². The molecule has 1 aliphatic carbocycles. The van der Waals surface area contributed by atoms with E-state index in [0.717, 1.165) is 32.2 Å². The number of hydrogen-bond acceptors (Lipinski definition) is 3. The molecule has 0 radical (unpaired) electrons. The Morgan fingerprint density at radius 3 is 2.76 bits per heavy atom. The molecule has 1 atom stereocenters. The second-order valence-corrected chi connectivity index (χ2v) is 6.48. The van der Waals surface area contributed by atoms with E-state index in [-0.39, 0.29) is 0 Å². The highest BCUT2D eigenvalue weighted by Crippen LogP contribution is 2.28. The second-order valence-electron chi connectivity index (χ2n) is 6.48. The standard InChI is InChI=1S/C18H30N2O/c1-14-5-6-15(2)17(11-14)18(19-3)12-20(4)9-10-21-13-16-7-8-16/h5-6,11,16,18-19H,7-10,12-13H2,1-4H3. The van der Waals surface area contributed by atoms with Crippen LogP contribution in [0.4, 0.5) is 0 Å². The Kier molecular flexibility index (Phi) is 6.22. The molecule has 118 valence electrons. The third-order valence-corrected chi connectivity index (χ3v) is 4.32. The van der Waals surface area contributed by atoms with Crippen molar-refractivity contribution in [3.8, 4) is 0 Å². The molecule has 1 aromatic rings. The van der Waals surface area contributed by atoms with Gasteiger partial charge in [-0.05, 0) is 57.8 Å². The van der Waals surface area contributed by atoms with Crippen LogP contribution in [0.2, 0.25) is 0 Å². The smallest absolute Gasteiger partial charge is 0.0593 e. The minimum absolute atomic E-state index is 0.373. The molecule has 1 aromatic carbocycles. The average Bonchev–Trinajstić information content (AvgIpc) is 3.28. The van der Waals surface area contributed by atoms with Gasteiger partial charge in [0.1, 0.15) is 0 Å². The molecule has 1 N–H and O–H groups in total. The Morgan fingerprint density at radius 2 is 2.10 bits per heavy atom. The van der Waals surface area contributed by atoms with Gasteiger partial charge in [0.2, 0.25) is 0 Å². The highest BCUT2D eigenvalue weighted by molar-refractivity contribution is 5.33. The molecule has 0 aromatic heterocycles. The molecular formula is C18H30N2O. The monoisotopic (exact) mass is 290 g/mol. The van der Waals surface area contributed by atoms with E-state index in [1.165, 1.54) is 29.5 Å². The van der Waals surface area contributed by atoms with E-state index in [4.69, 9.17) is 4.74 Å². The van der Waals surface area contributed by atoms with Gasteiger partial charge in [0.05, 0.1) is 6.61 Å². The van der Waals surface area contributed by atoms with Crippen LogP contribution in [-0.4, -0.2) is 45.3 Å². The van der Waals surface area contributed by atoms with Crippen molar-refractivity contribution in [1.82, 2.24) is 10.2 Å². The third-order valence-electron chi connectivity index (χ3n) is 4.32. The van der Waals surface area contributed by atoms with Crippen molar-refractivity contribution in [2.24, 2.45) is 5.92 Å². The van der Waals surface area contributed by atoms with Crippen LogP contribution < -0.4 is 5.32 Å². The number of nitrogens with one attached hydrogen (secondary N) is 1. The van der Waals surface area contributed by atoms with Crippen LogP contribution in [0.5, 0.6) is 0 Å². The van der Waals surface area contributed by atoms with Crippen molar-refractivity contribution >= 4 is 0 Å². The fourth-order valence-electron chi connectivity index (χ4n) is 2.64. The van der Waals surface area contributed by atoms with E-state index in [0.29, 0.717) is 6.04 Å². The van der Waals surface area contributed by atoms with Gasteiger partial charge in [-0.25, -0.2) is 0 Å². The Bertz CT molecular complexity index is 443. The molecule has 2 rings (SSSR count). The van der Waals surface area contributed by atoms with Crippen molar-refractivity contribution in [3.63, 3.8) is 0 Å². The van der Waals surface area contributed by atoms with E-state index in [1.807, 2.05) is 7.05 Å². The van der Waals surface area contributed by atoms with Crippen LogP contribution in [-0.2, 0) is 4.74 Å². The highest BCUT2D eigenvalue weighted by Gasteiger charge is 2.21. The zero-order valence-electron chi connectivity index (χ0n) is 14.0. The van der Waals surface area contributed by atoms with Crippen molar-refractivity contribution in [2.45, 2.75) is 32.7 Å². The lowest BCUT2D eigenvalue weighted by Crippen LogP contribution is -2.33. The molecule has 1 saturated carbocycles. The Morgan fingerprint density at radius 1 is 1.33 bits per heavy atom. The van der Waals surface area contributed by atoms with Gasteiger partial charge in [-0.1, -0.05) is 23.8 Å². The minimum Gasteiger partial charge on any atom is -0.380 e. The first kappa shape index (κ1) is 16.5. The van der Waals surface area contributed by atoms with Gasteiger partial charge >= 0.3 is 0 Å². The number of rotatable bonds is 9. The number of aryl methyl sites for hydroxylation is 2. The van der Waals surface area contributed by atoms with Crippen molar-refractivity contribution < 1.29 is 4.74 Å². The summed E-state index contributed by atoms with van der Waals surface area (Å²) in [6, 6.07) is 7.07. The number of nitrogens with zero attached hydrogens (tertiary/aromatic N) is 1. The molecule has 3 nitrogen and oxygen atoms in total. The third kappa shape index (κ3) is 5.42. The van der Waals surface area contributed by atoms with E-state index in [9.17, 15) is 0 Å². The van der Waals surface area contributed by atoms with Gasteiger partial charge < -0.3 is 15.0 Å². The van der Waals surface area contributed by atoms with Gasteiger partial charge in [-0.2, -0.15) is 0 Å². The van der Waals surface area contributed by atoms with Crippen LogP contribution in [0.15, 0.2) is 18.2 Å². The van der Waals surface area contributed by atoms with Crippen LogP contribution in [0, 0.1) is 19.8 Å². The predicted octanol–water partition coefficient (Wildman–Crippen LogP) is 2.92. The minimum atomic E-state index is 0.373. The molecule has 0 aliphatic heterocycles. The quantitative estimate of drug-likeness (QED) is 0.708. The SMILES string of the molecule is CNC(CN(C)CCOCC1CC1)c1cc(C)ccc1C. The van der Waals surface area contributed by atoms with Crippen LogP contribution in [0.3, 0.4) is 0 Å². The Balaban J connectivity index is 1.80. The van der Waals surface area contributed by atoms with Crippen molar-refractivity contribution in [3.05, 3.63) is 34.9 Å². The van der Waals surface area contributed by atoms with E-state index in [1.54, 1.807) is 0 Å². The van der Waals surface area contributed by atoms with Crippen LogP contribution >= 0.6 is 0 Å².